The fourth-order valence-electron chi connectivity index (χ4n) is 0.640. The van der Waals surface area contributed by atoms with E-state index in [-0.39, 0.29) is 12.1 Å². The van der Waals surface area contributed by atoms with Crippen molar-refractivity contribution < 1.29 is 0 Å². The second-order valence-corrected chi connectivity index (χ2v) is 1.79. The quantitative estimate of drug-likeness (QED) is 0.357. The van der Waals surface area contributed by atoms with E-state index in [1.54, 1.807) is 0 Å². The molecule has 2 unspecified atom stereocenters. The number of nitriles is 1. The molecule has 4 nitrogen and oxygen atoms in total. The number of nitrogens with two attached hydrogens (primary N) is 1. The van der Waals surface area contributed by atoms with Crippen LogP contribution in [-0.2, 0) is 0 Å². The summed E-state index contributed by atoms with van der Waals surface area (Å²) >= 11 is 0. The van der Waals surface area contributed by atoms with Crippen LogP contribution in [0, 0.1) is 17.2 Å². The van der Waals surface area contributed by atoms with Crippen LogP contribution in [0.3, 0.4) is 0 Å². The summed E-state index contributed by atoms with van der Waals surface area (Å²) in [6, 6.07) is 2.06. The third-order valence-corrected chi connectivity index (χ3v) is 1.19. The summed E-state index contributed by atoms with van der Waals surface area (Å²) in [7, 11) is 0. The molecule has 2 atom stereocenters. The summed E-state index contributed by atoms with van der Waals surface area (Å²) in [5.74, 6) is -0.0741. The average molecular weight is 112 g/mol. The van der Waals surface area contributed by atoms with Gasteiger partial charge in [-0.25, -0.2) is 5.43 Å². The molecule has 0 aromatic heterocycles. The van der Waals surface area contributed by atoms with Crippen molar-refractivity contribution in [3.8, 4) is 6.07 Å². The Bertz CT molecular complexity index is 116. The fourth-order valence-corrected chi connectivity index (χ4v) is 0.640. The highest BCUT2D eigenvalue weighted by atomic mass is 15.4. The van der Waals surface area contributed by atoms with Crippen molar-refractivity contribution in [1.29, 1.82) is 5.26 Å². The first-order chi connectivity index (χ1) is 3.84. The molecule has 0 spiro atoms. The molecule has 1 aliphatic rings. The molecule has 0 bridgehead atoms. The van der Waals surface area contributed by atoms with Gasteiger partial charge in [-0.15, -0.1) is 0 Å². The van der Waals surface area contributed by atoms with E-state index in [4.69, 9.17) is 11.0 Å². The van der Waals surface area contributed by atoms with Crippen molar-refractivity contribution in [2.45, 2.75) is 6.17 Å². The summed E-state index contributed by atoms with van der Waals surface area (Å²) in [5.41, 5.74) is 10.9. The SMILES string of the molecule is N#CC1CNNC1N. The van der Waals surface area contributed by atoms with Gasteiger partial charge in [0.15, 0.2) is 0 Å². The number of hydrogen-bond acceptors (Lipinski definition) is 4. The second kappa shape index (κ2) is 2.09. The Kier molecular flexibility index (Phi) is 1.44. The van der Waals surface area contributed by atoms with E-state index in [9.17, 15) is 0 Å². The minimum atomic E-state index is -0.194. The highest BCUT2D eigenvalue weighted by Crippen LogP contribution is 1.98. The lowest BCUT2D eigenvalue weighted by Gasteiger charge is -2.01. The maximum Gasteiger partial charge on any atom is 0.0895 e. The minimum Gasteiger partial charge on any atom is -0.314 e. The smallest absolute Gasteiger partial charge is 0.0895 e. The van der Waals surface area contributed by atoms with Gasteiger partial charge in [0.2, 0.25) is 0 Å². The third kappa shape index (κ3) is 0.793. The molecule has 4 heteroatoms. The molecular weight excluding hydrogens is 104 g/mol. The van der Waals surface area contributed by atoms with Crippen LogP contribution in [0.25, 0.3) is 0 Å². The molecule has 1 heterocycles. The zero-order valence-electron chi connectivity index (χ0n) is 4.39. The zero-order chi connectivity index (χ0) is 5.98. The summed E-state index contributed by atoms with van der Waals surface area (Å²) < 4.78 is 0. The maximum absolute atomic E-state index is 8.33. The lowest BCUT2D eigenvalue weighted by atomic mass is 10.1. The molecule has 1 rings (SSSR count). The molecule has 0 aromatic carbocycles. The molecule has 1 aliphatic heterocycles. The number of hydrogen-bond donors (Lipinski definition) is 3. The Hall–Kier alpha value is -0.630. The molecule has 1 saturated heterocycles. The van der Waals surface area contributed by atoms with E-state index in [1.807, 2.05) is 0 Å². The van der Waals surface area contributed by atoms with Gasteiger partial charge >= 0.3 is 0 Å². The molecule has 0 amide bonds. The van der Waals surface area contributed by atoms with Crippen molar-refractivity contribution in [2.75, 3.05) is 6.54 Å². The van der Waals surface area contributed by atoms with Crippen LogP contribution >= 0.6 is 0 Å². The summed E-state index contributed by atoms with van der Waals surface area (Å²) in [4.78, 5) is 0. The first kappa shape index (κ1) is 5.51. The Labute approximate surface area is 47.6 Å². The summed E-state index contributed by atoms with van der Waals surface area (Å²) in [6.45, 7) is 0.650. The molecule has 0 aromatic rings. The van der Waals surface area contributed by atoms with Crippen molar-refractivity contribution in [1.82, 2.24) is 10.9 Å². The molecule has 4 N–H and O–H groups in total. The summed E-state index contributed by atoms with van der Waals surface area (Å²) in [6.07, 6.45) is -0.194. The third-order valence-electron chi connectivity index (χ3n) is 1.19. The first-order valence-electron chi connectivity index (χ1n) is 2.48. The van der Waals surface area contributed by atoms with Gasteiger partial charge in [0.05, 0.1) is 18.2 Å². The van der Waals surface area contributed by atoms with Gasteiger partial charge in [0, 0.05) is 6.54 Å². The second-order valence-electron chi connectivity index (χ2n) is 1.79. The van der Waals surface area contributed by atoms with E-state index >= 15 is 0 Å². The predicted octanol–water partition coefficient (Wildman–Crippen LogP) is -1.48. The molecule has 1 fully saturated rings. The van der Waals surface area contributed by atoms with Gasteiger partial charge in [0.1, 0.15) is 0 Å². The highest BCUT2D eigenvalue weighted by Gasteiger charge is 2.21. The van der Waals surface area contributed by atoms with E-state index in [0.717, 1.165) is 0 Å². The topological polar surface area (TPSA) is 73.9 Å². The predicted molar refractivity (Wildman–Crippen MR) is 28.2 cm³/mol. The van der Waals surface area contributed by atoms with E-state index in [1.165, 1.54) is 0 Å². The van der Waals surface area contributed by atoms with E-state index in [0.29, 0.717) is 6.54 Å². The van der Waals surface area contributed by atoms with Crippen molar-refractivity contribution >= 4 is 0 Å². The first-order valence-corrected chi connectivity index (χ1v) is 2.48. The van der Waals surface area contributed by atoms with Gasteiger partial charge in [-0.2, -0.15) is 5.26 Å². The molecular formula is C4H8N4. The Balaban J connectivity index is 2.45. The highest BCUT2D eigenvalue weighted by molar-refractivity contribution is 4.93. The van der Waals surface area contributed by atoms with Crippen molar-refractivity contribution in [3.05, 3.63) is 0 Å². The fraction of sp³-hybridized carbons (Fsp3) is 0.750. The largest absolute Gasteiger partial charge is 0.314 e. The monoisotopic (exact) mass is 112 g/mol. The van der Waals surface area contributed by atoms with Gasteiger partial charge in [0.25, 0.3) is 0 Å². The minimum absolute atomic E-state index is 0.0741. The lowest BCUT2D eigenvalue weighted by molar-refractivity contribution is 0.538. The van der Waals surface area contributed by atoms with Gasteiger partial charge in [-0.05, 0) is 0 Å². The number of rotatable bonds is 0. The molecule has 0 aliphatic carbocycles. The Morgan fingerprint density at radius 2 is 2.50 bits per heavy atom. The molecule has 8 heavy (non-hydrogen) atoms. The number of nitrogens with one attached hydrogen (secondary N) is 2. The normalized spacial score (nSPS) is 37.0. The summed E-state index contributed by atoms with van der Waals surface area (Å²) in [5, 5.41) is 8.33. The van der Waals surface area contributed by atoms with E-state index in [2.05, 4.69) is 16.9 Å². The number of hydrazine groups is 1. The Morgan fingerprint density at radius 3 is 2.75 bits per heavy atom. The van der Waals surface area contributed by atoms with Crippen LogP contribution in [0.5, 0.6) is 0 Å². The van der Waals surface area contributed by atoms with Crippen molar-refractivity contribution in [2.24, 2.45) is 11.7 Å². The average Bonchev–Trinajstić information content (AvgIpc) is 2.14. The van der Waals surface area contributed by atoms with Crippen molar-refractivity contribution in [3.63, 3.8) is 0 Å². The van der Waals surface area contributed by atoms with Crippen LogP contribution in [0.4, 0.5) is 0 Å². The molecule has 0 radical (unpaired) electrons. The van der Waals surface area contributed by atoms with Crippen LogP contribution in [0.1, 0.15) is 0 Å². The van der Waals surface area contributed by atoms with Crippen LogP contribution in [-0.4, -0.2) is 12.7 Å². The van der Waals surface area contributed by atoms with Gasteiger partial charge in [-0.3, -0.25) is 5.43 Å². The Morgan fingerprint density at radius 1 is 1.75 bits per heavy atom. The zero-order valence-corrected chi connectivity index (χ0v) is 4.39. The standard InChI is InChI=1S/C4H8N4/c5-1-3-2-7-8-4(3)6/h3-4,7-8H,2,6H2. The van der Waals surface area contributed by atoms with Gasteiger partial charge < -0.3 is 5.73 Å². The number of nitrogens with zero attached hydrogens (tertiary/aromatic N) is 1. The maximum atomic E-state index is 8.33. The van der Waals surface area contributed by atoms with Crippen LogP contribution in [0.15, 0.2) is 0 Å². The van der Waals surface area contributed by atoms with Gasteiger partial charge in [-0.1, -0.05) is 0 Å². The lowest BCUT2D eigenvalue weighted by Crippen LogP contribution is -2.38. The van der Waals surface area contributed by atoms with E-state index < -0.39 is 0 Å². The molecule has 0 saturated carbocycles. The molecule has 44 valence electrons. The van der Waals surface area contributed by atoms with Crippen LogP contribution < -0.4 is 16.6 Å². The van der Waals surface area contributed by atoms with Crippen LogP contribution in [0.2, 0.25) is 0 Å².